The quantitative estimate of drug-likeness (QED) is 0.181. The summed E-state index contributed by atoms with van der Waals surface area (Å²) >= 11 is 0.636. The highest BCUT2D eigenvalue weighted by Crippen LogP contribution is 2.43. The van der Waals surface area contributed by atoms with Crippen LogP contribution in [0.2, 0.25) is 0 Å². The summed E-state index contributed by atoms with van der Waals surface area (Å²) in [6, 6.07) is 22.7. The largest absolute Gasteiger partial charge is 0.488 e. The van der Waals surface area contributed by atoms with Crippen LogP contribution in [0.3, 0.4) is 0 Å². The SMILES string of the molecule is O=C(O)CC(NCC(=O)OCc1ccccc1)C(=O)N1CCc2cc(OCc3cc(-c4ccccc4)c(C(F)(F)F)s3)ccc21. The van der Waals surface area contributed by atoms with Gasteiger partial charge in [-0.05, 0) is 47.4 Å². The summed E-state index contributed by atoms with van der Waals surface area (Å²) in [6.07, 6.45) is -4.58. The molecule has 1 unspecified atom stereocenters. The zero-order valence-corrected chi connectivity index (χ0v) is 24.7. The summed E-state index contributed by atoms with van der Waals surface area (Å²) in [5.41, 5.74) is 2.69. The van der Waals surface area contributed by atoms with Crippen molar-refractivity contribution in [1.82, 2.24) is 5.32 Å². The Labute approximate surface area is 261 Å². The van der Waals surface area contributed by atoms with Crippen molar-refractivity contribution < 1.29 is 42.1 Å². The minimum atomic E-state index is -4.51. The van der Waals surface area contributed by atoms with E-state index in [4.69, 9.17) is 9.47 Å². The van der Waals surface area contributed by atoms with Crippen LogP contribution in [0, 0.1) is 0 Å². The molecule has 2 heterocycles. The van der Waals surface area contributed by atoms with E-state index in [0.29, 0.717) is 39.6 Å². The average molecular weight is 639 g/mol. The molecule has 0 aliphatic carbocycles. The summed E-state index contributed by atoms with van der Waals surface area (Å²) < 4.78 is 52.3. The summed E-state index contributed by atoms with van der Waals surface area (Å²) in [6.45, 7) is -0.0944. The molecular weight excluding hydrogens is 609 g/mol. The van der Waals surface area contributed by atoms with Crippen LogP contribution < -0.4 is 15.0 Å². The number of esters is 1. The normalized spacial score (nSPS) is 13.3. The van der Waals surface area contributed by atoms with E-state index in [1.165, 1.54) is 11.0 Å². The van der Waals surface area contributed by atoms with Crippen LogP contribution in [0.15, 0.2) is 84.9 Å². The number of nitrogens with one attached hydrogen (secondary N) is 1. The van der Waals surface area contributed by atoms with Crippen molar-refractivity contribution >= 4 is 34.9 Å². The fraction of sp³-hybridized carbons (Fsp3) is 0.242. The molecule has 1 atom stereocenters. The molecule has 4 aromatic rings. The Morgan fingerprint density at radius 2 is 1.67 bits per heavy atom. The van der Waals surface area contributed by atoms with Gasteiger partial charge in [-0.3, -0.25) is 19.7 Å². The lowest BCUT2D eigenvalue weighted by atomic mass is 10.1. The Kier molecular flexibility index (Phi) is 9.84. The van der Waals surface area contributed by atoms with E-state index < -0.39 is 41.4 Å². The van der Waals surface area contributed by atoms with Crippen LogP contribution in [-0.2, 0) is 44.9 Å². The average Bonchev–Trinajstić information content (AvgIpc) is 3.66. The first-order valence-corrected chi connectivity index (χ1v) is 14.9. The predicted molar refractivity (Wildman–Crippen MR) is 162 cm³/mol. The van der Waals surface area contributed by atoms with Crippen LogP contribution in [0.5, 0.6) is 5.75 Å². The molecule has 5 rings (SSSR count). The second-order valence-electron chi connectivity index (χ2n) is 10.3. The number of hydrogen-bond acceptors (Lipinski definition) is 7. The molecule has 0 saturated carbocycles. The van der Waals surface area contributed by atoms with E-state index in [2.05, 4.69) is 5.32 Å². The van der Waals surface area contributed by atoms with E-state index in [0.717, 1.165) is 11.1 Å². The number of fused-ring (bicyclic) bond motifs is 1. The maximum Gasteiger partial charge on any atom is 0.426 e. The Balaban J connectivity index is 1.22. The molecule has 0 bridgehead atoms. The van der Waals surface area contributed by atoms with Crippen molar-refractivity contribution in [2.75, 3.05) is 18.0 Å². The fourth-order valence-electron chi connectivity index (χ4n) is 5.01. The van der Waals surface area contributed by atoms with Crippen molar-refractivity contribution in [3.63, 3.8) is 0 Å². The van der Waals surface area contributed by atoms with Crippen LogP contribution in [-0.4, -0.2) is 42.1 Å². The number of ether oxygens (including phenoxy) is 2. The van der Waals surface area contributed by atoms with Crippen molar-refractivity contribution in [1.29, 1.82) is 0 Å². The molecule has 1 aromatic heterocycles. The standard InChI is InChI=1S/C33H29F3N2O6S/c34-33(35,36)31-26(22-9-5-2-6-10-22)16-25(45-31)20-43-24-11-12-28-23(15-24)13-14-38(28)32(42)27(17-29(39)40)37-18-30(41)44-19-21-7-3-1-4-8-21/h1-12,15-16,27,37H,13-14,17-20H2,(H,39,40). The van der Waals surface area contributed by atoms with Crippen molar-refractivity contribution in [2.24, 2.45) is 0 Å². The Morgan fingerprint density at radius 3 is 2.36 bits per heavy atom. The summed E-state index contributed by atoms with van der Waals surface area (Å²) in [5.74, 6) is -1.92. The third kappa shape index (κ3) is 8.08. The van der Waals surface area contributed by atoms with Gasteiger partial charge in [0.1, 0.15) is 23.8 Å². The zero-order valence-electron chi connectivity index (χ0n) is 23.9. The van der Waals surface area contributed by atoms with Gasteiger partial charge < -0.3 is 19.5 Å². The van der Waals surface area contributed by atoms with Crippen molar-refractivity contribution in [3.8, 4) is 16.9 Å². The third-order valence-electron chi connectivity index (χ3n) is 7.13. The first kappa shape index (κ1) is 31.7. The van der Waals surface area contributed by atoms with Gasteiger partial charge in [0, 0.05) is 22.7 Å². The highest BCUT2D eigenvalue weighted by molar-refractivity contribution is 7.12. The number of nitrogens with zero attached hydrogens (tertiary/aromatic N) is 1. The van der Waals surface area contributed by atoms with Crippen LogP contribution >= 0.6 is 11.3 Å². The second-order valence-corrected chi connectivity index (χ2v) is 11.5. The number of carbonyl (C=O) groups excluding carboxylic acids is 2. The minimum absolute atomic E-state index is 0.0486. The lowest BCUT2D eigenvalue weighted by molar-refractivity contribution is -0.145. The van der Waals surface area contributed by atoms with Gasteiger partial charge in [-0.15, -0.1) is 11.3 Å². The number of rotatable bonds is 12. The van der Waals surface area contributed by atoms with Gasteiger partial charge in [0.05, 0.1) is 19.0 Å². The number of amides is 1. The number of carbonyl (C=O) groups is 3. The summed E-state index contributed by atoms with van der Waals surface area (Å²) in [5, 5.41) is 12.1. The molecule has 1 amide bonds. The number of carboxylic acids is 1. The Bertz CT molecular complexity index is 1660. The minimum Gasteiger partial charge on any atom is -0.488 e. The number of aliphatic carboxylic acids is 1. The topological polar surface area (TPSA) is 105 Å². The van der Waals surface area contributed by atoms with Crippen LogP contribution in [0.1, 0.15) is 27.3 Å². The summed E-state index contributed by atoms with van der Waals surface area (Å²) in [7, 11) is 0. The number of carboxylic acid groups (broad SMARTS) is 1. The number of hydrogen-bond donors (Lipinski definition) is 2. The van der Waals surface area contributed by atoms with E-state index in [1.54, 1.807) is 60.7 Å². The first-order valence-electron chi connectivity index (χ1n) is 14.1. The van der Waals surface area contributed by atoms with Crippen LogP contribution in [0.25, 0.3) is 11.1 Å². The maximum atomic E-state index is 13.8. The lowest BCUT2D eigenvalue weighted by Gasteiger charge is -2.24. The van der Waals surface area contributed by atoms with E-state index in [-0.39, 0.29) is 31.9 Å². The molecule has 0 fully saturated rings. The molecule has 1 aliphatic heterocycles. The second kappa shape index (κ2) is 14.0. The summed E-state index contributed by atoms with van der Waals surface area (Å²) in [4.78, 5) is 38.3. The number of benzene rings is 3. The van der Waals surface area contributed by atoms with Gasteiger partial charge in [0.25, 0.3) is 0 Å². The van der Waals surface area contributed by atoms with Gasteiger partial charge in [-0.25, -0.2) is 0 Å². The number of thiophene rings is 1. The van der Waals surface area contributed by atoms with E-state index >= 15 is 0 Å². The highest BCUT2D eigenvalue weighted by atomic mass is 32.1. The van der Waals surface area contributed by atoms with Gasteiger partial charge in [0.15, 0.2) is 0 Å². The molecule has 0 radical (unpaired) electrons. The van der Waals surface area contributed by atoms with Gasteiger partial charge in [-0.2, -0.15) is 13.2 Å². The monoisotopic (exact) mass is 638 g/mol. The van der Waals surface area contributed by atoms with Crippen molar-refractivity contribution in [3.05, 3.63) is 106 Å². The molecule has 8 nitrogen and oxygen atoms in total. The molecule has 0 saturated heterocycles. The Hall–Kier alpha value is -4.68. The van der Waals surface area contributed by atoms with Gasteiger partial charge in [-0.1, -0.05) is 60.7 Å². The van der Waals surface area contributed by atoms with Crippen LogP contribution in [0.4, 0.5) is 18.9 Å². The number of alkyl halides is 3. The van der Waals surface area contributed by atoms with Gasteiger partial charge in [0.2, 0.25) is 5.91 Å². The smallest absolute Gasteiger partial charge is 0.426 e. The molecule has 12 heteroatoms. The molecule has 234 valence electrons. The molecule has 45 heavy (non-hydrogen) atoms. The molecular formula is C33H29F3N2O6S. The maximum absolute atomic E-state index is 13.8. The lowest BCUT2D eigenvalue weighted by Crippen LogP contribution is -2.48. The first-order chi connectivity index (χ1) is 21.6. The molecule has 3 aromatic carbocycles. The third-order valence-corrected chi connectivity index (χ3v) is 8.28. The number of halogens is 3. The molecule has 1 aliphatic rings. The zero-order chi connectivity index (χ0) is 32.0. The molecule has 2 N–H and O–H groups in total. The predicted octanol–water partition coefficient (Wildman–Crippen LogP) is 6.08. The van der Waals surface area contributed by atoms with E-state index in [9.17, 15) is 32.7 Å². The molecule has 0 spiro atoms. The highest BCUT2D eigenvalue weighted by Gasteiger charge is 2.36. The Morgan fingerprint density at radius 1 is 0.956 bits per heavy atom. The van der Waals surface area contributed by atoms with Gasteiger partial charge >= 0.3 is 18.1 Å². The van der Waals surface area contributed by atoms with E-state index in [1.807, 2.05) is 18.2 Å². The van der Waals surface area contributed by atoms with Crippen molar-refractivity contribution in [2.45, 2.75) is 38.3 Å². The fourth-order valence-corrected chi connectivity index (χ4v) is 5.97. The number of anilines is 1.